The van der Waals surface area contributed by atoms with Crippen molar-refractivity contribution in [2.24, 2.45) is 5.92 Å². The Morgan fingerprint density at radius 3 is 2.74 bits per heavy atom. The van der Waals surface area contributed by atoms with Crippen LogP contribution in [0.25, 0.3) is 0 Å². The normalized spacial score (nSPS) is 27.8. The van der Waals surface area contributed by atoms with Crippen LogP contribution in [0.5, 0.6) is 0 Å². The van der Waals surface area contributed by atoms with E-state index >= 15 is 0 Å². The molecule has 4 nitrogen and oxygen atoms in total. The maximum atomic E-state index is 12.8. The first-order valence-electron chi connectivity index (χ1n) is 8.84. The third-order valence-corrected chi connectivity index (χ3v) is 5.64. The Balaban J connectivity index is 1.42. The van der Waals surface area contributed by atoms with Crippen LogP contribution in [0, 0.1) is 12.8 Å². The molecule has 2 fully saturated rings. The van der Waals surface area contributed by atoms with Gasteiger partial charge in [0.25, 0.3) is 0 Å². The molecule has 122 valence electrons. The fraction of sp³-hybridized carbons (Fsp3) is 0.579. The Kier molecular flexibility index (Phi) is 3.93. The fourth-order valence-corrected chi connectivity index (χ4v) is 4.49. The Labute approximate surface area is 138 Å². The van der Waals surface area contributed by atoms with Crippen molar-refractivity contribution >= 4 is 5.91 Å². The van der Waals surface area contributed by atoms with Gasteiger partial charge in [0.1, 0.15) is 0 Å². The summed E-state index contributed by atoms with van der Waals surface area (Å²) in [6.07, 6.45) is 8.40. The number of pyridine rings is 1. The molecule has 2 aliphatic heterocycles. The van der Waals surface area contributed by atoms with Gasteiger partial charge in [0, 0.05) is 43.3 Å². The lowest BCUT2D eigenvalue weighted by atomic mass is 10.0. The average molecular weight is 311 g/mol. The molecule has 4 heteroatoms. The lowest BCUT2D eigenvalue weighted by molar-refractivity contribution is -0.136. The van der Waals surface area contributed by atoms with Crippen LogP contribution in [0.2, 0.25) is 0 Å². The number of fused-ring (bicyclic) bond motifs is 1. The summed E-state index contributed by atoms with van der Waals surface area (Å²) in [6, 6.07) is 7.19. The standard InChI is InChI=1S/C19H25N3O/c1-14-5-4-8-16(20-14)13-21-11-9-18-17(21)10-12-22(18)19(23)15-6-2-3-7-15/h2-5,8,15,17-18H,6-7,9-13H2,1H3/t17-,18+/m0/s1. The zero-order valence-electron chi connectivity index (χ0n) is 13.8. The number of amides is 1. The van der Waals surface area contributed by atoms with Gasteiger partial charge in [-0.1, -0.05) is 18.2 Å². The fourth-order valence-electron chi connectivity index (χ4n) is 4.49. The minimum absolute atomic E-state index is 0.209. The highest BCUT2D eigenvalue weighted by Crippen LogP contribution is 2.34. The van der Waals surface area contributed by atoms with E-state index in [1.807, 2.05) is 13.0 Å². The summed E-state index contributed by atoms with van der Waals surface area (Å²) < 4.78 is 0. The van der Waals surface area contributed by atoms with Gasteiger partial charge in [-0.05, 0) is 44.7 Å². The first-order valence-corrected chi connectivity index (χ1v) is 8.84. The minimum atomic E-state index is 0.209. The first-order chi connectivity index (χ1) is 11.2. The summed E-state index contributed by atoms with van der Waals surface area (Å²) in [4.78, 5) is 22.1. The average Bonchev–Trinajstić information content (AvgIpc) is 3.25. The number of likely N-dealkylation sites (tertiary alicyclic amines) is 2. The molecule has 0 bridgehead atoms. The molecule has 3 aliphatic rings. The molecule has 1 aromatic rings. The van der Waals surface area contributed by atoms with Gasteiger partial charge in [-0.3, -0.25) is 14.7 Å². The Hall–Kier alpha value is -1.68. The maximum absolute atomic E-state index is 12.8. The summed E-state index contributed by atoms with van der Waals surface area (Å²) in [6.45, 7) is 4.97. The number of rotatable bonds is 3. The molecule has 1 aliphatic carbocycles. The predicted molar refractivity (Wildman–Crippen MR) is 89.8 cm³/mol. The monoisotopic (exact) mass is 311 g/mol. The van der Waals surface area contributed by atoms with Gasteiger partial charge in [0.15, 0.2) is 0 Å². The number of aromatic nitrogens is 1. The molecule has 3 heterocycles. The van der Waals surface area contributed by atoms with E-state index in [2.05, 4.69) is 39.1 Å². The van der Waals surface area contributed by atoms with E-state index in [0.29, 0.717) is 18.0 Å². The topological polar surface area (TPSA) is 36.4 Å². The van der Waals surface area contributed by atoms with Crippen molar-refractivity contribution in [1.29, 1.82) is 0 Å². The molecular weight excluding hydrogens is 286 g/mol. The summed E-state index contributed by atoms with van der Waals surface area (Å²) in [5.74, 6) is 0.597. The Bertz CT molecular complexity index is 619. The van der Waals surface area contributed by atoms with Gasteiger partial charge in [0.05, 0.1) is 5.69 Å². The van der Waals surface area contributed by atoms with Crippen molar-refractivity contribution in [2.75, 3.05) is 13.1 Å². The van der Waals surface area contributed by atoms with E-state index in [4.69, 9.17) is 0 Å². The largest absolute Gasteiger partial charge is 0.338 e. The molecule has 23 heavy (non-hydrogen) atoms. The van der Waals surface area contributed by atoms with E-state index in [1.54, 1.807) is 0 Å². The Morgan fingerprint density at radius 2 is 1.96 bits per heavy atom. The highest BCUT2D eigenvalue weighted by Gasteiger charge is 2.45. The Morgan fingerprint density at radius 1 is 1.17 bits per heavy atom. The lowest BCUT2D eigenvalue weighted by Crippen LogP contribution is -2.42. The second-order valence-corrected chi connectivity index (χ2v) is 7.12. The summed E-state index contributed by atoms with van der Waals surface area (Å²) >= 11 is 0. The van der Waals surface area contributed by atoms with Gasteiger partial charge < -0.3 is 4.90 Å². The van der Waals surface area contributed by atoms with Gasteiger partial charge >= 0.3 is 0 Å². The summed E-state index contributed by atoms with van der Waals surface area (Å²) in [5.41, 5.74) is 2.23. The van der Waals surface area contributed by atoms with Crippen LogP contribution >= 0.6 is 0 Å². The molecule has 2 atom stereocenters. The van der Waals surface area contributed by atoms with Gasteiger partial charge in [-0.25, -0.2) is 0 Å². The van der Waals surface area contributed by atoms with E-state index in [0.717, 1.165) is 56.7 Å². The third kappa shape index (κ3) is 2.80. The predicted octanol–water partition coefficient (Wildman–Crippen LogP) is 2.53. The van der Waals surface area contributed by atoms with Crippen molar-refractivity contribution in [3.63, 3.8) is 0 Å². The van der Waals surface area contributed by atoms with Crippen LogP contribution in [-0.2, 0) is 11.3 Å². The number of hydrogen-bond donors (Lipinski definition) is 0. The summed E-state index contributed by atoms with van der Waals surface area (Å²) in [5, 5.41) is 0. The SMILES string of the molecule is Cc1cccc(CN2CC[C@@H]3[C@@H]2CCN3C(=O)C2CC=CC2)n1. The number of carbonyl (C=O) groups is 1. The number of carbonyl (C=O) groups excluding carboxylic acids is 1. The van der Waals surface area contributed by atoms with Crippen LogP contribution < -0.4 is 0 Å². The van der Waals surface area contributed by atoms with Crippen molar-refractivity contribution in [1.82, 2.24) is 14.8 Å². The molecule has 0 aromatic carbocycles. The van der Waals surface area contributed by atoms with Crippen LogP contribution in [0.15, 0.2) is 30.4 Å². The smallest absolute Gasteiger partial charge is 0.226 e. The number of aryl methyl sites for hydroxylation is 1. The molecule has 2 saturated heterocycles. The third-order valence-electron chi connectivity index (χ3n) is 5.64. The number of allylic oxidation sites excluding steroid dienone is 2. The van der Waals surface area contributed by atoms with Gasteiger partial charge in [-0.15, -0.1) is 0 Å². The van der Waals surface area contributed by atoms with Crippen LogP contribution in [0.4, 0.5) is 0 Å². The van der Waals surface area contributed by atoms with Crippen molar-refractivity contribution in [3.8, 4) is 0 Å². The number of nitrogens with zero attached hydrogens (tertiary/aromatic N) is 3. The molecule has 0 radical (unpaired) electrons. The number of hydrogen-bond acceptors (Lipinski definition) is 3. The van der Waals surface area contributed by atoms with E-state index in [-0.39, 0.29) is 5.92 Å². The molecule has 1 aromatic heterocycles. The molecule has 0 unspecified atom stereocenters. The highest BCUT2D eigenvalue weighted by atomic mass is 16.2. The molecule has 0 spiro atoms. The maximum Gasteiger partial charge on any atom is 0.226 e. The van der Waals surface area contributed by atoms with E-state index < -0.39 is 0 Å². The molecule has 0 N–H and O–H groups in total. The van der Waals surface area contributed by atoms with Crippen molar-refractivity contribution < 1.29 is 4.79 Å². The minimum Gasteiger partial charge on any atom is -0.338 e. The lowest BCUT2D eigenvalue weighted by Gasteiger charge is -2.27. The van der Waals surface area contributed by atoms with Crippen molar-refractivity contribution in [2.45, 2.75) is 51.2 Å². The zero-order valence-corrected chi connectivity index (χ0v) is 13.8. The van der Waals surface area contributed by atoms with Gasteiger partial charge in [0.2, 0.25) is 5.91 Å². The van der Waals surface area contributed by atoms with Crippen LogP contribution in [0.3, 0.4) is 0 Å². The first kappa shape index (κ1) is 14.9. The second-order valence-electron chi connectivity index (χ2n) is 7.12. The molecule has 0 saturated carbocycles. The van der Waals surface area contributed by atoms with Crippen LogP contribution in [-0.4, -0.2) is 45.9 Å². The van der Waals surface area contributed by atoms with Crippen LogP contribution in [0.1, 0.15) is 37.1 Å². The highest BCUT2D eigenvalue weighted by molar-refractivity contribution is 5.80. The van der Waals surface area contributed by atoms with E-state index in [1.165, 1.54) is 0 Å². The van der Waals surface area contributed by atoms with Crippen molar-refractivity contribution in [3.05, 3.63) is 41.7 Å². The van der Waals surface area contributed by atoms with E-state index in [9.17, 15) is 4.79 Å². The second kappa shape index (κ2) is 6.08. The zero-order chi connectivity index (χ0) is 15.8. The molecule has 1 amide bonds. The quantitative estimate of drug-likeness (QED) is 0.805. The molecular formula is C19H25N3O. The van der Waals surface area contributed by atoms with Gasteiger partial charge in [-0.2, -0.15) is 0 Å². The summed E-state index contributed by atoms with van der Waals surface area (Å²) in [7, 11) is 0. The molecule has 4 rings (SSSR count).